The van der Waals surface area contributed by atoms with E-state index in [9.17, 15) is 4.79 Å². The maximum Gasteiger partial charge on any atom is 0.352 e. The molecule has 0 aliphatic heterocycles. The molecule has 3 nitrogen and oxygen atoms in total. The molecule has 1 N–H and O–H groups in total. The second kappa shape index (κ2) is 5.59. The molecule has 0 radical (unpaired) electrons. The number of aryl methyl sites for hydroxylation is 2. The Morgan fingerprint density at radius 2 is 2.00 bits per heavy atom. The molecule has 0 spiro atoms. The van der Waals surface area contributed by atoms with Gasteiger partial charge < -0.3 is 9.67 Å². The van der Waals surface area contributed by atoms with Gasteiger partial charge in [-0.3, -0.25) is 0 Å². The van der Waals surface area contributed by atoms with Gasteiger partial charge in [-0.2, -0.15) is 0 Å². The molecule has 2 rings (SSSR count). The highest BCUT2D eigenvalue weighted by Gasteiger charge is 2.11. The van der Waals surface area contributed by atoms with Crippen molar-refractivity contribution in [3.8, 4) is 0 Å². The minimum atomic E-state index is -0.920. The molecule has 0 atom stereocenters. The van der Waals surface area contributed by atoms with Crippen LogP contribution in [0.3, 0.4) is 0 Å². The fourth-order valence-electron chi connectivity index (χ4n) is 1.74. The molecule has 0 saturated heterocycles. The van der Waals surface area contributed by atoms with Crippen molar-refractivity contribution in [2.24, 2.45) is 0 Å². The molecule has 0 aliphatic rings. The lowest BCUT2D eigenvalue weighted by atomic mass is 10.1. The second-order valence-electron chi connectivity index (χ2n) is 3.92. The number of hydrogen-bond acceptors (Lipinski definition) is 1. The normalized spacial score (nSPS) is 10.6. The van der Waals surface area contributed by atoms with E-state index in [2.05, 4.69) is 15.9 Å². The van der Waals surface area contributed by atoms with E-state index in [0.717, 1.165) is 16.5 Å². The molecule has 0 fully saturated rings. The molecule has 1 aromatic heterocycles. The first-order chi connectivity index (χ1) is 8.56. The van der Waals surface area contributed by atoms with Gasteiger partial charge in [0.25, 0.3) is 0 Å². The summed E-state index contributed by atoms with van der Waals surface area (Å²) in [4.78, 5) is 11.0. The number of carboxylic acids is 1. The van der Waals surface area contributed by atoms with Gasteiger partial charge in [0.05, 0.1) is 0 Å². The van der Waals surface area contributed by atoms with Crippen molar-refractivity contribution in [1.82, 2.24) is 4.57 Å². The summed E-state index contributed by atoms with van der Waals surface area (Å²) in [7, 11) is 0. The molecule has 0 unspecified atom stereocenters. The highest BCUT2D eigenvalue weighted by molar-refractivity contribution is 9.10. The number of nitrogens with zero attached hydrogens (tertiary/aromatic N) is 1. The van der Waals surface area contributed by atoms with Crippen molar-refractivity contribution in [3.05, 3.63) is 57.3 Å². The third-order valence-electron chi connectivity index (χ3n) is 2.64. The Morgan fingerprint density at radius 1 is 1.33 bits per heavy atom. The van der Waals surface area contributed by atoms with E-state index in [0.29, 0.717) is 11.6 Å². The van der Waals surface area contributed by atoms with E-state index in [4.69, 9.17) is 16.7 Å². The first kappa shape index (κ1) is 13.2. The SMILES string of the molecule is O=C(O)c1cc(Br)cn1CCc1ccc(Cl)cc1. The number of carboxylic acid groups (broad SMARTS) is 1. The summed E-state index contributed by atoms with van der Waals surface area (Å²) in [6.07, 6.45) is 2.54. The molecule has 0 bridgehead atoms. The van der Waals surface area contributed by atoms with Gasteiger partial charge >= 0.3 is 5.97 Å². The molecule has 0 aliphatic carbocycles. The highest BCUT2D eigenvalue weighted by atomic mass is 79.9. The van der Waals surface area contributed by atoms with Gasteiger partial charge in [-0.05, 0) is 46.1 Å². The predicted octanol–water partition coefficient (Wildman–Crippen LogP) is 3.84. The number of halogens is 2. The van der Waals surface area contributed by atoms with E-state index in [-0.39, 0.29) is 5.69 Å². The summed E-state index contributed by atoms with van der Waals surface area (Å²) in [6, 6.07) is 9.16. The Balaban J connectivity index is 2.10. The molecule has 0 amide bonds. The lowest BCUT2D eigenvalue weighted by Gasteiger charge is -2.06. The molecule has 1 heterocycles. The van der Waals surface area contributed by atoms with Crippen molar-refractivity contribution < 1.29 is 9.90 Å². The zero-order chi connectivity index (χ0) is 13.1. The largest absolute Gasteiger partial charge is 0.477 e. The van der Waals surface area contributed by atoms with Crippen molar-refractivity contribution >= 4 is 33.5 Å². The fraction of sp³-hybridized carbons (Fsp3) is 0.154. The molecular weight excluding hydrogens is 318 g/mol. The van der Waals surface area contributed by atoms with Crippen LogP contribution in [0, 0.1) is 0 Å². The molecular formula is C13H11BrClNO2. The van der Waals surface area contributed by atoms with Gasteiger partial charge in [0.1, 0.15) is 5.69 Å². The average molecular weight is 329 g/mol. The summed E-state index contributed by atoms with van der Waals surface area (Å²) in [5.74, 6) is -0.920. The third-order valence-corrected chi connectivity index (χ3v) is 3.32. The van der Waals surface area contributed by atoms with E-state index in [1.54, 1.807) is 16.8 Å². The van der Waals surface area contributed by atoms with E-state index >= 15 is 0 Å². The molecule has 1 aromatic carbocycles. The summed E-state index contributed by atoms with van der Waals surface area (Å²) >= 11 is 9.10. The maximum atomic E-state index is 11.0. The van der Waals surface area contributed by atoms with E-state index in [1.807, 2.05) is 24.3 Å². The van der Waals surface area contributed by atoms with Crippen molar-refractivity contribution in [1.29, 1.82) is 0 Å². The van der Waals surface area contributed by atoms with Crippen LogP contribution in [0.25, 0.3) is 0 Å². The molecule has 0 saturated carbocycles. The van der Waals surface area contributed by atoms with Crippen LogP contribution in [0.1, 0.15) is 16.1 Å². The number of aromatic carboxylic acids is 1. The Morgan fingerprint density at radius 3 is 2.61 bits per heavy atom. The number of carbonyl (C=O) groups is 1. The van der Waals surface area contributed by atoms with Crippen LogP contribution in [0.15, 0.2) is 41.0 Å². The standard InChI is InChI=1S/C13H11BrClNO2/c14-10-7-12(13(17)18)16(8-10)6-5-9-1-3-11(15)4-2-9/h1-4,7-8H,5-6H2,(H,17,18). The summed E-state index contributed by atoms with van der Waals surface area (Å²) in [6.45, 7) is 0.620. The van der Waals surface area contributed by atoms with Gasteiger partial charge in [-0.15, -0.1) is 0 Å². The Labute approximate surface area is 118 Å². The van der Waals surface area contributed by atoms with Crippen LogP contribution in [-0.4, -0.2) is 15.6 Å². The van der Waals surface area contributed by atoms with Crippen molar-refractivity contribution in [2.45, 2.75) is 13.0 Å². The Hall–Kier alpha value is -1.26. The second-order valence-corrected chi connectivity index (χ2v) is 5.27. The zero-order valence-corrected chi connectivity index (χ0v) is 11.8. The Kier molecular flexibility index (Phi) is 4.09. The first-order valence-electron chi connectivity index (χ1n) is 5.39. The number of aromatic nitrogens is 1. The topological polar surface area (TPSA) is 42.2 Å². The minimum Gasteiger partial charge on any atom is -0.477 e. The monoisotopic (exact) mass is 327 g/mol. The third kappa shape index (κ3) is 3.15. The summed E-state index contributed by atoms with van der Waals surface area (Å²) in [5, 5.41) is 9.76. The van der Waals surface area contributed by atoms with Crippen LogP contribution < -0.4 is 0 Å². The van der Waals surface area contributed by atoms with Gasteiger partial charge in [0, 0.05) is 22.2 Å². The van der Waals surface area contributed by atoms with Crippen LogP contribution in [0.4, 0.5) is 0 Å². The van der Waals surface area contributed by atoms with Crippen molar-refractivity contribution in [3.63, 3.8) is 0 Å². The average Bonchev–Trinajstić information content (AvgIpc) is 2.70. The number of hydrogen-bond donors (Lipinski definition) is 1. The quantitative estimate of drug-likeness (QED) is 0.926. The smallest absolute Gasteiger partial charge is 0.352 e. The first-order valence-corrected chi connectivity index (χ1v) is 6.57. The van der Waals surface area contributed by atoms with Gasteiger partial charge in [0.15, 0.2) is 0 Å². The van der Waals surface area contributed by atoms with E-state index in [1.165, 1.54) is 0 Å². The summed E-state index contributed by atoms with van der Waals surface area (Å²) < 4.78 is 2.50. The minimum absolute atomic E-state index is 0.288. The van der Waals surface area contributed by atoms with Gasteiger partial charge in [0.2, 0.25) is 0 Å². The Bertz CT molecular complexity index is 563. The van der Waals surface area contributed by atoms with Crippen LogP contribution >= 0.6 is 27.5 Å². The zero-order valence-electron chi connectivity index (χ0n) is 9.44. The summed E-state index contributed by atoms with van der Waals surface area (Å²) in [5.41, 5.74) is 1.41. The van der Waals surface area contributed by atoms with Crippen LogP contribution in [0.5, 0.6) is 0 Å². The molecule has 2 aromatic rings. The van der Waals surface area contributed by atoms with Crippen molar-refractivity contribution in [2.75, 3.05) is 0 Å². The molecule has 5 heteroatoms. The highest BCUT2D eigenvalue weighted by Crippen LogP contribution is 2.16. The van der Waals surface area contributed by atoms with Crippen LogP contribution in [0.2, 0.25) is 5.02 Å². The van der Waals surface area contributed by atoms with Crippen LogP contribution in [-0.2, 0) is 13.0 Å². The number of rotatable bonds is 4. The molecule has 18 heavy (non-hydrogen) atoms. The van der Waals surface area contributed by atoms with E-state index < -0.39 is 5.97 Å². The number of benzene rings is 1. The molecule has 94 valence electrons. The lowest BCUT2D eigenvalue weighted by Crippen LogP contribution is -2.09. The van der Waals surface area contributed by atoms with Gasteiger partial charge in [-0.1, -0.05) is 23.7 Å². The maximum absolute atomic E-state index is 11.0. The van der Waals surface area contributed by atoms with Gasteiger partial charge in [-0.25, -0.2) is 4.79 Å². The predicted molar refractivity (Wildman–Crippen MR) is 74.2 cm³/mol. The lowest BCUT2D eigenvalue weighted by molar-refractivity contribution is 0.0685. The fourth-order valence-corrected chi connectivity index (χ4v) is 2.33.